The van der Waals surface area contributed by atoms with Gasteiger partial charge in [-0.3, -0.25) is 9.36 Å². The molecule has 2 heterocycles. The molecule has 0 saturated carbocycles. The fraction of sp³-hybridized carbons (Fsp3) is 0.318. The number of aromatic nitrogens is 3. The summed E-state index contributed by atoms with van der Waals surface area (Å²) in [4.78, 5) is 15.5. The molecule has 168 valence electrons. The molecule has 1 amide bonds. The minimum Gasteiger partial charge on any atom is -0.378 e. The van der Waals surface area contributed by atoms with Crippen molar-refractivity contribution in [2.75, 3.05) is 36.5 Å². The van der Waals surface area contributed by atoms with Crippen molar-refractivity contribution in [1.29, 1.82) is 0 Å². The highest BCUT2D eigenvalue weighted by Gasteiger charge is 2.27. The second-order valence-electron chi connectivity index (χ2n) is 7.18. The van der Waals surface area contributed by atoms with Crippen molar-refractivity contribution in [1.82, 2.24) is 14.8 Å². The number of nitrogens with zero attached hydrogens (tertiary/aromatic N) is 4. The smallest absolute Gasteiger partial charge is 0.242 e. The monoisotopic (exact) mass is 491 g/mol. The zero-order chi connectivity index (χ0) is 22.5. The van der Waals surface area contributed by atoms with Crippen LogP contribution in [-0.4, -0.2) is 47.0 Å². The molecular weight excluding hydrogens is 469 g/mol. The van der Waals surface area contributed by atoms with Gasteiger partial charge < -0.3 is 15.0 Å². The first-order valence-electron chi connectivity index (χ1n) is 10.3. The summed E-state index contributed by atoms with van der Waals surface area (Å²) in [6, 6.07) is 14.6. The molecule has 1 aliphatic rings. The third-order valence-electron chi connectivity index (χ3n) is 5.00. The summed E-state index contributed by atoms with van der Waals surface area (Å²) in [7, 11) is 0. The second kappa shape index (κ2) is 10.6. The fourth-order valence-corrected chi connectivity index (χ4v) is 5.10. The van der Waals surface area contributed by atoms with E-state index in [1.807, 2.05) is 41.8 Å². The average molecular weight is 492 g/mol. The van der Waals surface area contributed by atoms with Gasteiger partial charge in [-0.2, -0.15) is 0 Å². The molecule has 1 unspecified atom stereocenters. The Balaban J connectivity index is 1.62. The predicted molar refractivity (Wildman–Crippen MR) is 129 cm³/mol. The molecule has 3 aromatic rings. The van der Waals surface area contributed by atoms with E-state index in [0.717, 1.165) is 24.6 Å². The number of halogens is 2. The lowest BCUT2D eigenvalue weighted by atomic mass is 10.1. The summed E-state index contributed by atoms with van der Waals surface area (Å²) in [5.41, 5.74) is 1.40. The lowest BCUT2D eigenvalue weighted by molar-refractivity contribution is -0.115. The minimum absolute atomic E-state index is 0.196. The van der Waals surface area contributed by atoms with E-state index in [9.17, 15) is 4.79 Å². The maximum absolute atomic E-state index is 13.3. The summed E-state index contributed by atoms with van der Waals surface area (Å²) >= 11 is 13.6. The molecule has 1 N–H and O–H groups in total. The molecule has 32 heavy (non-hydrogen) atoms. The maximum atomic E-state index is 13.3. The molecule has 1 aliphatic heterocycles. The van der Waals surface area contributed by atoms with Crippen LogP contribution in [0.25, 0.3) is 0 Å². The van der Waals surface area contributed by atoms with Crippen molar-refractivity contribution in [2.24, 2.45) is 0 Å². The van der Waals surface area contributed by atoms with E-state index in [1.54, 1.807) is 18.2 Å². The SMILES string of the molecule is CCn1c(SC(C(=O)Nc2cc(Cl)cc(Cl)c2)c2ccccc2)nnc1N1CCOCC1. The van der Waals surface area contributed by atoms with Crippen molar-refractivity contribution < 1.29 is 9.53 Å². The van der Waals surface area contributed by atoms with E-state index in [2.05, 4.69) is 20.4 Å². The predicted octanol–water partition coefficient (Wildman–Crippen LogP) is 4.91. The number of hydrogen-bond donors (Lipinski definition) is 1. The Hall–Kier alpha value is -2.26. The number of rotatable bonds is 7. The Morgan fingerprint density at radius 1 is 1.12 bits per heavy atom. The Bertz CT molecular complexity index is 1050. The minimum atomic E-state index is -0.541. The first kappa shape index (κ1) is 22.9. The van der Waals surface area contributed by atoms with E-state index >= 15 is 0 Å². The molecule has 1 saturated heterocycles. The lowest BCUT2D eigenvalue weighted by Crippen LogP contribution is -2.38. The van der Waals surface area contributed by atoms with Crippen LogP contribution < -0.4 is 10.2 Å². The fourth-order valence-electron chi connectivity index (χ4n) is 3.48. The van der Waals surface area contributed by atoms with Gasteiger partial charge >= 0.3 is 0 Å². The van der Waals surface area contributed by atoms with Crippen LogP contribution in [0.3, 0.4) is 0 Å². The lowest BCUT2D eigenvalue weighted by Gasteiger charge is -2.27. The Morgan fingerprint density at radius 2 is 1.81 bits per heavy atom. The highest BCUT2D eigenvalue weighted by atomic mass is 35.5. The van der Waals surface area contributed by atoms with Gasteiger partial charge in [0.1, 0.15) is 5.25 Å². The molecule has 4 rings (SSSR count). The zero-order valence-corrected chi connectivity index (χ0v) is 19.8. The number of carbonyl (C=O) groups is 1. The second-order valence-corrected chi connectivity index (χ2v) is 9.13. The number of anilines is 2. The molecule has 1 fully saturated rings. The van der Waals surface area contributed by atoms with Crippen LogP contribution in [-0.2, 0) is 16.1 Å². The van der Waals surface area contributed by atoms with Crippen LogP contribution in [0.5, 0.6) is 0 Å². The summed E-state index contributed by atoms with van der Waals surface area (Å²) in [6.45, 7) is 5.59. The third-order valence-corrected chi connectivity index (χ3v) is 6.67. The normalized spacial score (nSPS) is 14.9. The topological polar surface area (TPSA) is 72.3 Å². The standard InChI is InChI=1S/C22H23Cl2N5O2S/c1-2-29-21(28-8-10-31-11-9-28)26-27-22(29)32-19(15-6-4-3-5-7-15)20(30)25-18-13-16(23)12-17(24)14-18/h3-7,12-14,19H,2,8-11H2,1H3,(H,25,30). The Morgan fingerprint density at radius 3 is 2.47 bits per heavy atom. The first-order valence-corrected chi connectivity index (χ1v) is 11.9. The third kappa shape index (κ3) is 5.38. The first-order chi connectivity index (χ1) is 15.5. The highest BCUT2D eigenvalue weighted by Crippen LogP contribution is 2.37. The number of amides is 1. The molecule has 0 radical (unpaired) electrons. The zero-order valence-electron chi connectivity index (χ0n) is 17.5. The number of hydrogen-bond acceptors (Lipinski definition) is 6. The number of morpholine rings is 1. The largest absolute Gasteiger partial charge is 0.378 e. The van der Waals surface area contributed by atoms with Gasteiger partial charge in [-0.25, -0.2) is 0 Å². The van der Waals surface area contributed by atoms with Crippen LogP contribution in [0.2, 0.25) is 10.0 Å². The molecule has 2 aromatic carbocycles. The number of nitrogens with one attached hydrogen (secondary N) is 1. The van der Waals surface area contributed by atoms with Gasteiger partial charge in [0, 0.05) is 35.4 Å². The van der Waals surface area contributed by atoms with Gasteiger partial charge in [-0.05, 0) is 30.7 Å². The summed E-state index contributed by atoms with van der Waals surface area (Å²) in [5, 5.41) is 12.8. The highest BCUT2D eigenvalue weighted by molar-refractivity contribution is 8.00. The van der Waals surface area contributed by atoms with E-state index < -0.39 is 5.25 Å². The van der Waals surface area contributed by atoms with Crippen LogP contribution in [0.15, 0.2) is 53.7 Å². The van der Waals surface area contributed by atoms with Gasteiger partial charge in [0.05, 0.1) is 13.2 Å². The molecule has 0 spiro atoms. The van der Waals surface area contributed by atoms with E-state index in [0.29, 0.717) is 40.6 Å². The van der Waals surface area contributed by atoms with Crippen molar-refractivity contribution >= 4 is 52.5 Å². The van der Waals surface area contributed by atoms with Crippen molar-refractivity contribution in [2.45, 2.75) is 23.9 Å². The van der Waals surface area contributed by atoms with E-state index in [-0.39, 0.29) is 5.91 Å². The van der Waals surface area contributed by atoms with Crippen molar-refractivity contribution in [3.05, 3.63) is 64.1 Å². The van der Waals surface area contributed by atoms with Crippen LogP contribution in [0.4, 0.5) is 11.6 Å². The van der Waals surface area contributed by atoms with Gasteiger partial charge in [-0.1, -0.05) is 65.3 Å². The quantitative estimate of drug-likeness (QED) is 0.473. The molecular formula is C22H23Cl2N5O2S. The van der Waals surface area contributed by atoms with Crippen molar-refractivity contribution in [3.63, 3.8) is 0 Å². The number of benzene rings is 2. The molecule has 0 bridgehead atoms. The molecule has 1 atom stereocenters. The van der Waals surface area contributed by atoms with Gasteiger partial charge in [0.25, 0.3) is 0 Å². The molecule has 0 aliphatic carbocycles. The molecule has 7 nitrogen and oxygen atoms in total. The number of carbonyl (C=O) groups excluding carboxylic acids is 1. The van der Waals surface area contributed by atoms with Crippen LogP contribution in [0, 0.1) is 0 Å². The number of thioether (sulfide) groups is 1. The van der Waals surface area contributed by atoms with Crippen molar-refractivity contribution in [3.8, 4) is 0 Å². The van der Waals surface area contributed by atoms with Crippen LogP contribution >= 0.6 is 35.0 Å². The van der Waals surface area contributed by atoms with Gasteiger partial charge in [0.15, 0.2) is 5.16 Å². The maximum Gasteiger partial charge on any atom is 0.242 e. The Kier molecular flexibility index (Phi) is 7.57. The average Bonchev–Trinajstić information content (AvgIpc) is 3.20. The van der Waals surface area contributed by atoms with Gasteiger partial charge in [-0.15, -0.1) is 10.2 Å². The van der Waals surface area contributed by atoms with E-state index in [4.69, 9.17) is 27.9 Å². The number of ether oxygens (including phenoxy) is 1. The van der Waals surface area contributed by atoms with Crippen LogP contribution in [0.1, 0.15) is 17.7 Å². The van der Waals surface area contributed by atoms with Gasteiger partial charge in [0.2, 0.25) is 11.9 Å². The van der Waals surface area contributed by atoms with E-state index in [1.165, 1.54) is 11.8 Å². The summed E-state index contributed by atoms with van der Waals surface area (Å²) in [5.74, 6) is 0.602. The Labute approximate surface area is 201 Å². The summed E-state index contributed by atoms with van der Waals surface area (Å²) < 4.78 is 7.49. The molecule has 10 heteroatoms. The summed E-state index contributed by atoms with van der Waals surface area (Å²) in [6.07, 6.45) is 0. The molecule has 1 aromatic heterocycles.